The third kappa shape index (κ3) is 10.2. The van der Waals surface area contributed by atoms with Gasteiger partial charge in [-0.3, -0.25) is 39.3 Å². The van der Waals surface area contributed by atoms with Gasteiger partial charge in [0, 0.05) is 81.1 Å². The standard InChI is InChI=1S/C57H60F2N10O9/c1-4-39-44(58)11-8-35-6-5-7-41(47(35)39)49-48(59)50-43(28-62-49)51(67-18-15-34-24-37(30-67)61-27-34)65-55(64-50)78-32-57-16-14-38(68(57)29-33(2)26-57)31-77-56(74)66(3)19-21-76-23-22-75-20-17-60-36-9-10-40-42(25-36)54(73)69(53(40)72)45-12-13-46(70)63-52(45)71/h1,5-11,25,28,34,37-38,45,60-61H,2,12-24,26-27,29-32H2,3H3,(H,63,70,71)/t34?,37?,38-,45?,57-/m0/s1. The van der Waals surface area contributed by atoms with Crippen LogP contribution in [0.1, 0.15) is 71.2 Å². The number of carbonyl (C=O) groups is 5. The minimum absolute atomic E-state index is 0.0150. The summed E-state index contributed by atoms with van der Waals surface area (Å²) in [5.74, 6) is 0.00139. The van der Waals surface area contributed by atoms with E-state index in [1.54, 1.807) is 55.7 Å². The third-order valence-corrected chi connectivity index (χ3v) is 16.0. The molecule has 3 unspecified atom stereocenters. The Balaban J connectivity index is 0.667. The Labute approximate surface area is 449 Å². The normalized spacial score (nSPS) is 22.9. The quantitative estimate of drug-likeness (QED) is 0.0431. The molecule has 3 N–H and O–H groups in total. The summed E-state index contributed by atoms with van der Waals surface area (Å²) in [5.41, 5.74) is 1.92. The molecular weight excluding hydrogens is 1010 g/mol. The van der Waals surface area contributed by atoms with E-state index in [1.807, 2.05) is 0 Å². The molecule has 5 amide bonds. The Morgan fingerprint density at radius 2 is 1.83 bits per heavy atom. The van der Waals surface area contributed by atoms with E-state index >= 15 is 8.78 Å². The molecule has 0 saturated carbocycles. The van der Waals surface area contributed by atoms with E-state index in [1.165, 1.54) is 11.0 Å². The largest absolute Gasteiger partial charge is 0.461 e. The van der Waals surface area contributed by atoms with Crippen molar-refractivity contribution in [3.8, 4) is 29.6 Å². The average molecular weight is 1070 g/mol. The molecule has 21 heteroatoms. The van der Waals surface area contributed by atoms with Gasteiger partial charge in [-0.05, 0) is 80.6 Å². The van der Waals surface area contributed by atoms with Crippen molar-refractivity contribution < 1.29 is 51.7 Å². The number of fused-ring (bicyclic) bond motifs is 6. The van der Waals surface area contributed by atoms with Gasteiger partial charge in [-0.15, -0.1) is 6.42 Å². The number of imide groups is 2. The summed E-state index contributed by atoms with van der Waals surface area (Å²) in [6, 6.07) is 12.1. The maximum Gasteiger partial charge on any atom is 0.409 e. The van der Waals surface area contributed by atoms with Gasteiger partial charge in [0.2, 0.25) is 11.8 Å². The second-order valence-electron chi connectivity index (χ2n) is 21.0. The number of nitrogens with one attached hydrogen (secondary N) is 3. The highest BCUT2D eigenvalue weighted by Gasteiger charge is 2.52. The first-order valence-corrected chi connectivity index (χ1v) is 26.5. The van der Waals surface area contributed by atoms with Crippen molar-refractivity contribution in [2.45, 2.75) is 68.6 Å². The molecule has 2 bridgehead atoms. The molecule has 5 atom stereocenters. The Hall–Kier alpha value is -7.64. The summed E-state index contributed by atoms with van der Waals surface area (Å²) >= 11 is 0. The highest BCUT2D eigenvalue weighted by molar-refractivity contribution is 6.23. The lowest BCUT2D eigenvalue weighted by atomic mass is 9.94. The molecule has 0 spiro atoms. The van der Waals surface area contributed by atoms with Gasteiger partial charge in [0.25, 0.3) is 11.8 Å². The number of aromatic nitrogens is 3. The van der Waals surface area contributed by atoms with Gasteiger partial charge in [-0.25, -0.2) is 13.6 Å². The number of rotatable bonds is 18. The monoisotopic (exact) mass is 1070 g/mol. The summed E-state index contributed by atoms with van der Waals surface area (Å²) in [6.07, 6.45) is 11.2. The number of amides is 5. The molecule has 406 valence electrons. The highest BCUT2D eigenvalue weighted by atomic mass is 19.1. The zero-order valence-electron chi connectivity index (χ0n) is 43.3. The zero-order valence-corrected chi connectivity index (χ0v) is 43.3. The van der Waals surface area contributed by atoms with Crippen molar-refractivity contribution in [2.75, 3.05) is 96.2 Å². The molecular formula is C57H60F2N10O9. The number of hydrogen-bond donors (Lipinski definition) is 3. The molecule has 8 heterocycles. The fourth-order valence-electron chi connectivity index (χ4n) is 12.0. The van der Waals surface area contributed by atoms with Crippen molar-refractivity contribution in [3.63, 3.8) is 0 Å². The summed E-state index contributed by atoms with van der Waals surface area (Å²) < 4.78 is 56.2. The molecule has 11 rings (SSSR count). The first-order valence-electron chi connectivity index (χ1n) is 26.5. The predicted molar refractivity (Wildman–Crippen MR) is 284 cm³/mol. The summed E-state index contributed by atoms with van der Waals surface area (Å²) in [4.78, 5) is 84.5. The summed E-state index contributed by atoms with van der Waals surface area (Å²) in [7, 11) is 1.65. The van der Waals surface area contributed by atoms with Crippen LogP contribution in [0.15, 0.2) is 66.9 Å². The van der Waals surface area contributed by atoms with E-state index in [2.05, 4.69) is 43.2 Å². The van der Waals surface area contributed by atoms with Gasteiger partial charge in [-0.1, -0.05) is 42.3 Å². The first-order chi connectivity index (χ1) is 37.8. The molecule has 5 saturated heterocycles. The molecule has 78 heavy (non-hydrogen) atoms. The Morgan fingerprint density at radius 1 is 1.00 bits per heavy atom. The molecule has 0 radical (unpaired) electrons. The minimum atomic E-state index is -1.03. The van der Waals surface area contributed by atoms with Crippen LogP contribution >= 0.6 is 0 Å². The van der Waals surface area contributed by atoms with Crippen LogP contribution in [0.4, 0.5) is 25.1 Å². The minimum Gasteiger partial charge on any atom is -0.461 e. The van der Waals surface area contributed by atoms with E-state index in [4.69, 9.17) is 35.3 Å². The SMILES string of the molecule is C#Cc1c(F)ccc2cccc(-c3ncc4c(N5CCC6CNC(C6)C5)nc(OC[C@@]56CC[C@@H](COC(=O)N(C)CCOCCOCCNc7ccc8c(c7)C(=O)N(C7CCC(=O)NC7=O)C8=O)N5CC(=C)C6)nc4c3F)c12. The third-order valence-electron chi connectivity index (χ3n) is 16.0. The molecule has 2 aromatic heterocycles. The van der Waals surface area contributed by atoms with Crippen LogP contribution in [0.5, 0.6) is 6.01 Å². The fourth-order valence-corrected chi connectivity index (χ4v) is 12.0. The Bertz CT molecular complexity index is 3300. The van der Waals surface area contributed by atoms with Crippen molar-refractivity contribution >= 4 is 62.9 Å². The van der Waals surface area contributed by atoms with Gasteiger partial charge in [0.15, 0.2) is 5.82 Å². The topological polar surface area (TPSA) is 210 Å². The number of piperidine rings is 1. The highest BCUT2D eigenvalue weighted by Crippen LogP contribution is 2.45. The van der Waals surface area contributed by atoms with E-state index in [-0.39, 0.29) is 91.8 Å². The number of ether oxygens (including phenoxy) is 4. The van der Waals surface area contributed by atoms with Gasteiger partial charge in [-0.2, -0.15) is 9.97 Å². The second kappa shape index (κ2) is 22.0. The van der Waals surface area contributed by atoms with Crippen LogP contribution in [-0.4, -0.2) is 169 Å². The van der Waals surface area contributed by atoms with Gasteiger partial charge in [0.05, 0.1) is 54.0 Å². The number of anilines is 2. The van der Waals surface area contributed by atoms with Crippen LogP contribution in [0, 0.1) is 29.9 Å². The maximum absolute atomic E-state index is 17.2. The lowest BCUT2D eigenvalue weighted by molar-refractivity contribution is -0.136. The van der Waals surface area contributed by atoms with Crippen molar-refractivity contribution in [3.05, 3.63) is 95.2 Å². The molecule has 19 nitrogen and oxygen atoms in total. The Kier molecular flexibility index (Phi) is 14.8. The van der Waals surface area contributed by atoms with E-state index in [0.717, 1.165) is 49.2 Å². The fraction of sp³-hybridized carbons (Fsp3) is 0.439. The number of nitrogens with zero attached hydrogens (tertiary/aromatic N) is 7. The number of benzene rings is 3. The second-order valence-corrected chi connectivity index (χ2v) is 21.0. The molecule has 6 aliphatic rings. The lowest BCUT2D eigenvalue weighted by Gasteiger charge is -2.34. The zero-order chi connectivity index (χ0) is 54.2. The predicted octanol–water partition coefficient (Wildman–Crippen LogP) is 5.45. The van der Waals surface area contributed by atoms with Crippen LogP contribution in [0.3, 0.4) is 0 Å². The van der Waals surface area contributed by atoms with Crippen LogP contribution < -0.4 is 25.6 Å². The van der Waals surface area contributed by atoms with Gasteiger partial charge < -0.3 is 39.4 Å². The van der Waals surface area contributed by atoms with E-state index in [0.29, 0.717) is 78.4 Å². The molecule has 0 aliphatic carbocycles. The number of hydrogen-bond acceptors (Lipinski definition) is 16. The number of pyridine rings is 1. The van der Waals surface area contributed by atoms with Gasteiger partial charge in [0.1, 0.15) is 42.1 Å². The first kappa shape index (κ1) is 52.4. The number of likely N-dealkylation sites (N-methyl/N-ethyl adjacent to an activating group) is 1. The maximum atomic E-state index is 17.2. The van der Waals surface area contributed by atoms with Crippen LogP contribution in [0.25, 0.3) is 32.9 Å². The smallest absolute Gasteiger partial charge is 0.409 e. The number of halogens is 2. The average Bonchev–Trinajstić information content (AvgIpc) is 4.27. The molecule has 6 aliphatic heterocycles. The summed E-state index contributed by atoms with van der Waals surface area (Å²) in [5, 5.41) is 10.5. The van der Waals surface area contributed by atoms with Crippen molar-refractivity contribution in [1.82, 2.24) is 40.3 Å². The van der Waals surface area contributed by atoms with Crippen molar-refractivity contribution in [1.29, 1.82) is 0 Å². The van der Waals surface area contributed by atoms with E-state index in [9.17, 15) is 24.0 Å². The lowest BCUT2D eigenvalue weighted by Crippen LogP contribution is -2.54. The number of terminal acetylenes is 1. The van der Waals surface area contributed by atoms with Crippen LogP contribution in [0.2, 0.25) is 0 Å². The molecule has 5 fully saturated rings. The van der Waals surface area contributed by atoms with Crippen LogP contribution in [-0.2, 0) is 23.8 Å². The van der Waals surface area contributed by atoms with E-state index < -0.39 is 52.9 Å². The summed E-state index contributed by atoms with van der Waals surface area (Å²) in [6.45, 7) is 9.49. The van der Waals surface area contributed by atoms with Crippen molar-refractivity contribution in [2.24, 2.45) is 5.92 Å². The Morgan fingerprint density at radius 3 is 2.67 bits per heavy atom. The molecule has 3 aromatic carbocycles. The molecule has 5 aromatic rings. The number of carbonyl (C=O) groups excluding carboxylic acids is 5. The van der Waals surface area contributed by atoms with Gasteiger partial charge >= 0.3 is 12.1 Å².